The standard InChI is InChI=1S/C13H23NO4/c1-16-13(15)12(14-10-4-5-10)6-8-17-9-11-3-2-7-18-11/h10-12,14H,2-9H2,1H3. The molecule has 0 bridgehead atoms. The molecule has 2 atom stereocenters. The Balaban J connectivity index is 1.59. The van der Waals surface area contributed by atoms with Gasteiger partial charge in [0.2, 0.25) is 0 Å². The highest BCUT2D eigenvalue weighted by atomic mass is 16.5. The van der Waals surface area contributed by atoms with Gasteiger partial charge in [-0.05, 0) is 32.1 Å². The minimum Gasteiger partial charge on any atom is -0.468 e. The predicted octanol–water partition coefficient (Wildman–Crippen LogP) is 0.866. The van der Waals surface area contributed by atoms with Crippen LogP contribution in [0.3, 0.4) is 0 Å². The van der Waals surface area contributed by atoms with E-state index in [1.165, 1.54) is 7.11 Å². The number of methoxy groups -OCH3 is 1. The molecule has 5 heteroatoms. The van der Waals surface area contributed by atoms with E-state index in [1.807, 2.05) is 0 Å². The molecule has 1 N–H and O–H groups in total. The van der Waals surface area contributed by atoms with Crippen molar-refractivity contribution < 1.29 is 19.0 Å². The van der Waals surface area contributed by atoms with Crippen molar-refractivity contribution in [1.29, 1.82) is 0 Å². The third-order valence-corrected chi connectivity index (χ3v) is 3.38. The molecule has 104 valence electrons. The maximum atomic E-state index is 11.6. The van der Waals surface area contributed by atoms with Gasteiger partial charge in [0, 0.05) is 19.3 Å². The lowest BCUT2D eigenvalue weighted by atomic mass is 10.2. The monoisotopic (exact) mass is 257 g/mol. The Morgan fingerprint density at radius 2 is 2.28 bits per heavy atom. The molecular formula is C13H23NO4. The van der Waals surface area contributed by atoms with Gasteiger partial charge in [0.25, 0.3) is 0 Å². The summed E-state index contributed by atoms with van der Waals surface area (Å²) in [6, 6.07) is 0.263. The Kier molecular flexibility index (Phi) is 5.41. The minimum atomic E-state index is -0.230. The number of esters is 1. The van der Waals surface area contributed by atoms with Gasteiger partial charge in [0.15, 0.2) is 0 Å². The van der Waals surface area contributed by atoms with Crippen LogP contribution in [0, 0.1) is 0 Å². The zero-order chi connectivity index (χ0) is 12.8. The maximum absolute atomic E-state index is 11.6. The van der Waals surface area contributed by atoms with Crippen LogP contribution < -0.4 is 5.32 Å². The SMILES string of the molecule is COC(=O)C(CCOCC1CCCO1)NC1CC1. The van der Waals surface area contributed by atoms with Crippen molar-refractivity contribution in [1.82, 2.24) is 5.32 Å². The van der Waals surface area contributed by atoms with E-state index in [4.69, 9.17) is 14.2 Å². The van der Waals surface area contributed by atoms with E-state index in [0.717, 1.165) is 32.3 Å². The van der Waals surface area contributed by atoms with Crippen molar-refractivity contribution >= 4 is 5.97 Å². The van der Waals surface area contributed by atoms with Crippen LogP contribution in [0.2, 0.25) is 0 Å². The fraction of sp³-hybridized carbons (Fsp3) is 0.923. The van der Waals surface area contributed by atoms with E-state index in [0.29, 0.717) is 25.7 Å². The molecular weight excluding hydrogens is 234 g/mol. The maximum Gasteiger partial charge on any atom is 0.322 e. The average molecular weight is 257 g/mol. The van der Waals surface area contributed by atoms with Gasteiger partial charge in [0.1, 0.15) is 6.04 Å². The summed E-state index contributed by atoms with van der Waals surface area (Å²) in [5.74, 6) is -0.192. The van der Waals surface area contributed by atoms with Crippen molar-refractivity contribution in [3.8, 4) is 0 Å². The van der Waals surface area contributed by atoms with Crippen molar-refractivity contribution in [2.75, 3.05) is 26.9 Å². The van der Waals surface area contributed by atoms with E-state index in [-0.39, 0.29) is 18.1 Å². The Labute approximate surface area is 108 Å². The topological polar surface area (TPSA) is 56.8 Å². The first kappa shape index (κ1) is 13.8. The molecule has 18 heavy (non-hydrogen) atoms. The van der Waals surface area contributed by atoms with Crippen LogP contribution in [0.5, 0.6) is 0 Å². The molecule has 2 fully saturated rings. The molecule has 0 aromatic heterocycles. The largest absolute Gasteiger partial charge is 0.468 e. The molecule has 5 nitrogen and oxygen atoms in total. The molecule has 1 saturated heterocycles. The first-order valence-electron chi connectivity index (χ1n) is 6.83. The molecule has 0 spiro atoms. The van der Waals surface area contributed by atoms with E-state index < -0.39 is 0 Å². The zero-order valence-electron chi connectivity index (χ0n) is 11.0. The summed E-state index contributed by atoms with van der Waals surface area (Å²) in [7, 11) is 1.43. The summed E-state index contributed by atoms with van der Waals surface area (Å²) < 4.78 is 15.8. The third kappa shape index (κ3) is 4.55. The first-order valence-corrected chi connectivity index (χ1v) is 6.83. The molecule has 2 unspecified atom stereocenters. The van der Waals surface area contributed by atoms with Crippen molar-refractivity contribution in [3.63, 3.8) is 0 Å². The second-order valence-electron chi connectivity index (χ2n) is 5.02. The summed E-state index contributed by atoms with van der Waals surface area (Å²) in [4.78, 5) is 11.6. The third-order valence-electron chi connectivity index (χ3n) is 3.38. The molecule has 1 saturated carbocycles. The highest BCUT2D eigenvalue weighted by molar-refractivity contribution is 5.75. The Bertz CT molecular complexity index is 262. The van der Waals surface area contributed by atoms with E-state index in [2.05, 4.69) is 5.32 Å². The lowest BCUT2D eigenvalue weighted by molar-refractivity contribution is -0.143. The molecule has 0 aromatic carbocycles. The van der Waals surface area contributed by atoms with Crippen LogP contribution in [0.25, 0.3) is 0 Å². The molecule has 1 heterocycles. The summed E-state index contributed by atoms with van der Waals surface area (Å²) in [5, 5.41) is 3.28. The van der Waals surface area contributed by atoms with Gasteiger partial charge in [-0.25, -0.2) is 0 Å². The van der Waals surface area contributed by atoms with Gasteiger partial charge in [-0.15, -0.1) is 0 Å². The van der Waals surface area contributed by atoms with Crippen LogP contribution in [0.4, 0.5) is 0 Å². The lowest BCUT2D eigenvalue weighted by Crippen LogP contribution is -2.40. The van der Waals surface area contributed by atoms with Gasteiger partial charge in [-0.1, -0.05) is 0 Å². The van der Waals surface area contributed by atoms with E-state index >= 15 is 0 Å². The summed E-state index contributed by atoms with van der Waals surface area (Å²) in [6.45, 7) is 2.05. The molecule has 0 amide bonds. The number of ether oxygens (including phenoxy) is 3. The summed E-state index contributed by atoms with van der Waals surface area (Å²) in [5.41, 5.74) is 0. The van der Waals surface area contributed by atoms with Gasteiger partial charge in [-0.2, -0.15) is 0 Å². The Morgan fingerprint density at radius 3 is 2.89 bits per heavy atom. The normalized spacial score (nSPS) is 25.1. The summed E-state index contributed by atoms with van der Waals surface area (Å²) >= 11 is 0. The Hall–Kier alpha value is -0.650. The quantitative estimate of drug-likeness (QED) is 0.516. The highest BCUT2D eigenvalue weighted by Gasteiger charge is 2.28. The average Bonchev–Trinajstić information content (AvgIpc) is 3.05. The molecule has 0 radical (unpaired) electrons. The number of rotatable bonds is 8. The molecule has 2 aliphatic rings. The highest BCUT2D eigenvalue weighted by Crippen LogP contribution is 2.20. The van der Waals surface area contributed by atoms with Gasteiger partial charge < -0.3 is 19.5 Å². The van der Waals surface area contributed by atoms with Crippen LogP contribution in [-0.2, 0) is 19.0 Å². The first-order chi connectivity index (χ1) is 8.79. The number of hydrogen-bond donors (Lipinski definition) is 1. The molecule has 1 aliphatic heterocycles. The van der Waals surface area contributed by atoms with Crippen molar-refractivity contribution in [3.05, 3.63) is 0 Å². The van der Waals surface area contributed by atoms with E-state index in [9.17, 15) is 4.79 Å². The van der Waals surface area contributed by atoms with Crippen LogP contribution in [-0.4, -0.2) is 51.1 Å². The fourth-order valence-corrected chi connectivity index (χ4v) is 2.14. The van der Waals surface area contributed by atoms with Gasteiger partial charge >= 0.3 is 5.97 Å². The smallest absolute Gasteiger partial charge is 0.322 e. The minimum absolute atomic E-state index is 0.192. The lowest BCUT2D eigenvalue weighted by Gasteiger charge is -2.16. The number of nitrogens with one attached hydrogen (secondary N) is 1. The second-order valence-corrected chi connectivity index (χ2v) is 5.02. The molecule has 1 aliphatic carbocycles. The number of carbonyl (C=O) groups excluding carboxylic acids is 1. The van der Waals surface area contributed by atoms with Gasteiger partial charge in [-0.3, -0.25) is 4.79 Å². The molecule has 2 rings (SSSR count). The van der Waals surface area contributed by atoms with Gasteiger partial charge in [0.05, 0.1) is 19.8 Å². The molecule has 0 aromatic rings. The second kappa shape index (κ2) is 7.07. The summed E-state index contributed by atoms with van der Waals surface area (Å²) in [6.07, 6.45) is 5.44. The number of hydrogen-bond acceptors (Lipinski definition) is 5. The van der Waals surface area contributed by atoms with Crippen LogP contribution >= 0.6 is 0 Å². The van der Waals surface area contributed by atoms with E-state index in [1.54, 1.807) is 0 Å². The van der Waals surface area contributed by atoms with Crippen LogP contribution in [0.15, 0.2) is 0 Å². The number of carbonyl (C=O) groups is 1. The zero-order valence-corrected chi connectivity index (χ0v) is 11.0. The predicted molar refractivity (Wildman–Crippen MR) is 66.4 cm³/mol. The van der Waals surface area contributed by atoms with Crippen molar-refractivity contribution in [2.24, 2.45) is 0 Å². The Morgan fingerprint density at radius 1 is 1.44 bits per heavy atom. The fourth-order valence-electron chi connectivity index (χ4n) is 2.14. The van der Waals surface area contributed by atoms with Crippen LogP contribution in [0.1, 0.15) is 32.1 Å². The van der Waals surface area contributed by atoms with Crippen molar-refractivity contribution in [2.45, 2.75) is 50.3 Å².